The average Bonchev–Trinajstić information content (AvgIpc) is 2.85. The summed E-state index contributed by atoms with van der Waals surface area (Å²) in [6.45, 7) is 1.55. The first kappa shape index (κ1) is 14.3. The maximum absolute atomic E-state index is 13.8. The van der Waals surface area contributed by atoms with Crippen LogP contribution in [0.3, 0.4) is 0 Å². The number of carbonyl (C=O) groups excluding carboxylic acids is 1. The summed E-state index contributed by atoms with van der Waals surface area (Å²) >= 11 is 1.31. The van der Waals surface area contributed by atoms with Gasteiger partial charge in [0.1, 0.15) is 12.4 Å². The van der Waals surface area contributed by atoms with Crippen molar-refractivity contribution in [1.82, 2.24) is 0 Å². The van der Waals surface area contributed by atoms with Gasteiger partial charge in [-0.25, -0.2) is 4.39 Å². The molecule has 1 aromatic heterocycles. The molecule has 0 unspecified atom stereocenters. The number of aryl methyl sites for hydroxylation is 1. The van der Waals surface area contributed by atoms with Crippen molar-refractivity contribution >= 4 is 22.9 Å². The molecule has 20 heavy (non-hydrogen) atoms. The van der Waals surface area contributed by atoms with Gasteiger partial charge in [-0.05, 0) is 42.1 Å². The Hall–Kier alpha value is -2.16. The Balaban J connectivity index is 2.18. The topological polar surface area (TPSA) is 49.3 Å². The third kappa shape index (κ3) is 3.23. The molecule has 2 N–H and O–H groups in total. The van der Waals surface area contributed by atoms with E-state index in [1.807, 2.05) is 18.4 Å². The Bertz CT molecular complexity index is 697. The first-order chi connectivity index (χ1) is 9.61. The second-order valence-electron chi connectivity index (χ2n) is 4.04. The number of thiophene rings is 1. The molecule has 2 rings (SSSR count). The molecule has 1 heterocycles. The molecular weight excluding hydrogens is 277 g/mol. The lowest BCUT2D eigenvalue weighted by molar-refractivity contribution is 0.102. The van der Waals surface area contributed by atoms with Crippen molar-refractivity contribution in [2.24, 2.45) is 0 Å². The smallest absolute Gasteiger partial charge is 0.266 e. The monoisotopic (exact) mass is 289 g/mol. The Morgan fingerprint density at radius 2 is 2.25 bits per heavy atom. The molecule has 3 nitrogen and oxygen atoms in total. The Kier molecular flexibility index (Phi) is 4.51. The van der Waals surface area contributed by atoms with Crippen LogP contribution < -0.4 is 5.32 Å². The molecule has 102 valence electrons. The van der Waals surface area contributed by atoms with Gasteiger partial charge >= 0.3 is 0 Å². The van der Waals surface area contributed by atoms with Gasteiger partial charge < -0.3 is 10.4 Å². The van der Waals surface area contributed by atoms with E-state index in [9.17, 15) is 9.18 Å². The van der Waals surface area contributed by atoms with E-state index in [1.54, 1.807) is 6.07 Å². The van der Waals surface area contributed by atoms with Crippen molar-refractivity contribution in [1.29, 1.82) is 0 Å². The van der Waals surface area contributed by atoms with Gasteiger partial charge in [0.2, 0.25) is 0 Å². The van der Waals surface area contributed by atoms with Crippen LogP contribution in [0.4, 0.5) is 10.1 Å². The lowest BCUT2D eigenvalue weighted by Crippen LogP contribution is -2.12. The van der Waals surface area contributed by atoms with Crippen molar-refractivity contribution in [2.45, 2.75) is 6.92 Å². The van der Waals surface area contributed by atoms with E-state index in [0.29, 0.717) is 10.4 Å². The maximum atomic E-state index is 13.8. The van der Waals surface area contributed by atoms with Crippen LogP contribution in [0.15, 0.2) is 29.6 Å². The second-order valence-corrected chi connectivity index (χ2v) is 4.96. The normalized spacial score (nSPS) is 9.75. The number of hydrogen-bond donors (Lipinski definition) is 2. The number of aliphatic hydroxyl groups is 1. The lowest BCUT2D eigenvalue weighted by Gasteiger charge is -2.06. The second kappa shape index (κ2) is 6.33. The van der Waals surface area contributed by atoms with E-state index in [4.69, 9.17) is 5.11 Å². The Labute approximate surface area is 120 Å². The van der Waals surface area contributed by atoms with Crippen molar-refractivity contribution in [3.63, 3.8) is 0 Å². The zero-order chi connectivity index (χ0) is 14.5. The van der Waals surface area contributed by atoms with Crippen LogP contribution >= 0.6 is 11.3 Å². The number of amides is 1. The van der Waals surface area contributed by atoms with Crippen LogP contribution in [-0.4, -0.2) is 17.6 Å². The van der Waals surface area contributed by atoms with E-state index >= 15 is 0 Å². The average molecular weight is 289 g/mol. The summed E-state index contributed by atoms with van der Waals surface area (Å²) in [5, 5.41) is 12.9. The van der Waals surface area contributed by atoms with E-state index in [1.165, 1.54) is 23.5 Å². The maximum Gasteiger partial charge on any atom is 0.266 e. The van der Waals surface area contributed by atoms with Gasteiger partial charge in [-0.1, -0.05) is 11.8 Å². The third-order valence-electron chi connectivity index (χ3n) is 2.60. The van der Waals surface area contributed by atoms with Crippen molar-refractivity contribution in [2.75, 3.05) is 11.9 Å². The fourth-order valence-electron chi connectivity index (χ4n) is 1.62. The quantitative estimate of drug-likeness (QED) is 0.835. The molecule has 2 aromatic rings. The van der Waals surface area contributed by atoms with Gasteiger partial charge in [0, 0.05) is 5.56 Å². The molecule has 0 atom stereocenters. The first-order valence-electron chi connectivity index (χ1n) is 5.86. The molecule has 0 bridgehead atoms. The molecule has 0 spiro atoms. The Morgan fingerprint density at radius 1 is 1.45 bits per heavy atom. The third-order valence-corrected chi connectivity index (χ3v) is 3.61. The van der Waals surface area contributed by atoms with Gasteiger partial charge in [0.15, 0.2) is 0 Å². The fraction of sp³-hybridized carbons (Fsp3) is 0.133. The van der Waals surface area contributed by atoms with Crippen LogP contribution in [0.5, 0.6) is 0 Å². The predicted molar refractivity (Wildman–Crippen MR) is 77.4 cm³/mol. The number of aliphatic hydroxyl groups excluding tert-OH is 1. The minimum absolute atomic E-state index is 0.109. The zero-order valence-electron chi connectivity index (χ0n) is 10.7. The van der Waals surface area contributed by atoms with Crippen molar-refractivity contribution in [3.05, 3.63) is 51.5 Å². The molecular formula is C15H12FNO2S. The predicted octanol–water partition coefficient (Wildman–Crippen LogP) is 2.79. The van der Waals surface area contributed by atoms with Gasteiger partial charge in [0.05, 0.1) is 10.6 Å². The summed E-state index contributed by atoms with van der Waals surface area (Å²) < 4.78 is 13.8. The highest BCUT2D eigenvalue weighted by atomic mass is 32.1. The van der Waals surface area contributed by atoms with E-state index in [0.717, 1.165) is 5.56 Å². The number of rotatable bonds is 2. The standard InChI is InChI=1S/C15H12FNO2S/c1-10-6-8-20-14(10)15(19)17-13-5-4-11(3-2-7-18)9-12(13)16/h4-6,8-9,18H,7H2,1H3,(H,17,19). The summed E-state index contributed by atoms with van der Waals surface area (Å²) in [7, 11) is 0. The fourth-order valence-corrected chi connectivity index (χ4v) is 2.44. The summed E-state index contributed by atoms with van der Waals surface area (Å²) in [5.74, 6) is 4.15. The van der Waals surface area contributed by atoms with Crippen LogP contribution in [0.25, 0.3) is 0 Å². The molecule has 1 amide bonds. The summed E-state index contributed by atoms with van der Waals surface area (Å²) in [6, 6.07) is 6.10. The lowest BCUT2D eigenvalue weighted by atomic mass is 10.2. The van der Waals surface area contributed by atoms with Gasteiger partial charge in [-0.2, -0.15) is 0 Å². The van der Waals surface area contributed by atoms with E-state index in [2.05, 4.69) is 17.2 Å². The van der Waals surface area contributed by atoms with E-state index < -0.39 is 5.82 Å². The largest absolute Gasteiger partial charge is 0.384 e. The van der Waals surface area contributed by atoms with Gasteiger partial charge in [0.25, 0.3) is 5.91 Å². The number of nitrogens with one attached hydrogen (secondary N) is 1. The summed E-state index contributed by atoms with van der Waals surface area (Å²) in [5.41, 5.74) is 1.41. The van der Waals surface area contributed by atoms with Crippen LogP contribution in [0, 0.1) is 24.6 Å². The minimum Gasteiger partial charge on any atom is -0.384 e. The van der Waals surface area contributed by atoms with Gasteiger partial charge in [-0.15, -0.1) is 11.3 Å². The zero-order valence-corrected chi connectivity index (χ0v) is 11.6. The number of halogens is 1. The molecule has 0 saturated carbocycles. The van der Waals surface area contributed by atoms with Crippen LogP contribution in [-0.2, 0) is 0 Å². The van der Waals surface area contributed by atoms with Crippen LogP contribution in [0.1, 0.15) is 20.8 Å². The number of carbonyl (C=O) groups is 1. The number of benzene rings is 1. The molecule has 0 aliphatic rings. The van der Waals surface area contributed by atoms with Crippen molar-refractivity contribution in [3.8, 4) is 11.8 Å². The highest BCUT2D eigenvalue weighted by Crippen LogP contribution is 2.20. The number of hydrogen-bond acceptors (Lipinski definition) is 3. The van der Waals surface area contributed by atoms with Gasteiger partial charge in [-0.3, -0.25) is 4.79 Å². The molecule has 0 fully saturated rings. The molecule has 1 aromatic carbocycles. The number of anilines is 1. The molecule has 0 aliphatic heterocycles. The highest BCUT2D eigenvalue weighted by Gasteiger charge is 2.12. The highest BCUT2D eigenvalue weighted by molar-refractivity contribution is 7.12. The van der Waals surface area contributed by atoms with Crippen molar-refractivity contribution < 1.29 is 14.3 Å². The SMILES string of the molecule is Cc1ccsc1C(=O)Nc1ccc(C#CCO)cc1F. The minimum atomic E-state index is -0.558. The van der Waals surface area contributed by atoms with Crippen LogP contribution in [0.2, 0.25) is 0 Å². The molecule has 0 saturated heterocycles. The first-order valence-corrected chi connectivity index (χ1v) is 6.74. The molecule has 0 aliphatic carbocycles. The Morgan fingerprint density at radius 3 is 2.85 bits per heavy atom. The summed E-state index contributed by atoms with van der Waals surface area (Å²) in [4.78, 5) is 12.5. The molecule has 5 heteroatoms. The van der Waals surface area contributed by atoms with E-state index in [-0.39, 0.29) is 18.2 Å². The summed E-state index contributed by atoms with van der Waals surface area (Å²) in [6.07, 6.45) is 0. The molecule has 0 radical (unpaired) electrons.